The van der Waals surface area contributed by atoms with Crippen molar-refractivity contribution >= 4 is 23.2 Å². The fraction of sp³-hybridized carbons (Fsp3) is 0.429. The van der Waals surface area contributed by atoms with Crippen LogP contribution < -0.4 is 0 Å². The molecular weight excluding hydrogens is 297 g/mol. The second kappa shape index (κ2) is 6.57. The number of benzene rings is 1. The number of aliphatic hydroxyl groups is 1. The van der Waals surface area contributed by atoms with Crippen molar-refractivity contribution in [2.45, 2.75) is 38.2 Å². The lowest BCUT2D eigenvalue weighted by molar-refractivity contribution is 0.0236. The maximum Gasteiger partial charge on any atom is 0.153 e. The fourth-order valence-corrected chi connectivity index (χ4v) is 2.82. The number of halogens is 2. The second-order valence-electron chi connectivity index (χ2n) is 4.85. The molecule has 0 saturated carbocycles. The molecule has 2 rings (SSSR count). The molecule has 0 aliphatic carbocycles. The first-order valence-corrected chi connectivity index (χ1v) is 7.33. The topological polar surface area (TPSA) is 61.8 Å². The van der Waals surface area contributed by atoms with Gasteiger partial charge in [-0.25, -0.2) is 4.98 Å². The monoisotopic (exact) mass is 313 g/mol. The van der Waals surface area contributed by atoms with Gasteiger partial charge in [0.15, 0.2) is 5.82 Å². The molecule has 0 spiro atoms. The van der Waals surface area contributed by atoms with E-state index in [1.807, 2.05) is 0 Å². The van der Waals surface area contributed by atoms with Crippen LogP contribution in [0.5, 0.6) is 0 Å². The van der Waals surface area contributed by atoms with Crippen LogP contribution in [-0.4, -0.2) is 20.3 Å². The molecule has 0 amide bonds. The van der Waals surface area contributed by atoms with Gasteiger partial charge in [0.25, 0.3) is 0 Å². The summed E-state index contributed by atoms with van der Waals surface area (Å²) in [6, 6.07) is 5.15. The zero-order chi connectivity index (χ0) is 14.6. The lowest BCUT2D eigenvalue weighted by Gasteiger charge is -2.28. The molecule has 2 aromatic rings. The Balaban J connectivity index is 2.34. The van der Waals surface area contributed by atoms with Crippen molar-refractivity contribution in [2.24, 2.45) is 0 Å². The summed E-state index contributed by atoms with van der Waals surface area (Å²) in [4.78, 5) is 4.09. The molecule has 1 atom stereocenters. The van der Waals surface area contributed by atoms with Crippen molar-refractivity contribution < 1.29 is 5.11 Å². The first-order chi connectivity index (χ1) is 9.55. The summed E-state index contributed by atoms with van der Waals surface area (Å²) in [5.74, 6) is 0.564. The van der Waals surface area contributed by atoms with E-state index in [4.69, 9.17) is 23.2 Å². The Hall–Kier alpha value is -1.10. The molecule has 0 aliphatic heterocycles. The Morgan fingerprint density at radius 1 is 1.35 bits per heavy atom. The van der Waals surface area contributed by atoms with E-state index in [0.717, 1.165) is 12.8 Å². The molecule has 0 bridgehead atoms. The van der Waals surface area contributed by atoms with E-state index in [0.29, 0.717) is 34.3 Å². The number of H-pyrrole nitrogens is 1. The summed E-state index contributed by atoms with van der Waals surface area (Å²) < 4.78 is 0. The smallest absolute Gasteiger partial charge is 0.153 e. The first kappa shape index (κ1) is 15.3. The summed E-state index contributed by atoms with van der Waals surface area (Å²) in [6.45, 7) is 2.08. The van der Waals surface area contributed by atoms with Crippen molar-refractivity contribution in [1.82, 2.24) is 15.2 Å². The molecule has 1 heterocycles. The molecule has 1 unspecified atom stereocenters. The molecule has 0 saturated heterocycles. The van der Waals surface area contributed by atoms with Crippen LogP contribution in [0.2, 0.25) is 10.0 Å². The summed E-state index contributed by atoms with van der Waals surface area (Å²) >= 11 is 12.2. The number of hydrogen-bond acceptors (Lipinski definition) is 3. The highest BCUT2D eigenvalue weighted by Crippen LogP contribution is 2.36. The predicted octanol–water partition coefficient (Wildman–Crippen LogP) is 3.73. The fourth-order valence-electron chi connectivity index (χ4n) is 2.24. The van der Waals surface area contributed by atoms with Crippen LogP contribution in [0, 0.1) is 0 Å². The first-order valence-electron chi connectivity index (χ1n) is 6.58. The van der Waals surface area contributed by atoms with E-state index in [1.54, 1.807) is 18.2 Å². The zero-order valence-corrected chi connectivity index (χ0v) is 12.7. The molecule has 0 aliphatic rings. The molecule has 1 aromatic heterocycles. The minimum Gasteiger partial charge on any atom is -0.385 e. The largest absolute Gasteiger partial charge is 0.385 e. The Bertz CT molecular complexity index is 560. The Kier molecular flexibility index (Phi) is 5.02. The summed E-state index contributed by atoms with van der Waals surface area (Å²) in [5.41, 5.74) is -0.415. The third kappa shape index (κ3) is 3.51. The third-order valence-corrected chi connectivity index (χ3v) is 3.84. The summed E-state index contributed by atoms with van der Waals surface area (Å²) in [6.07, 6.45) is 4.29. The maximum absolute atomic E-state index is 11.0. The SMILES string of the molecule is CCCCC(O)(Cc1nc[nH]n1)c1ccc(Cl)cc1Cl. The zero-order valence-electron chi connectivity index (χ0n) is 11.2. The highest BCUT2D eigenvalue weighted by molar-refractivity contribution is 6.35. The highest BCUT2D eigenvalue weighted by Gasteiger charge is 2.32. The quantitative estimate of drug-likeness (QED) is 0.854. The van der Waals surface area contributed by atoms with E-state index in [2.05, 4.69) is 22.1 Å². The average Bonchev–Trinajstić information content (AvgIpc) is 2.88. The van der Waals surface area contributed by atoms with Crippen molar-refractivity contribution in [1.29, 1.82) is 0 Å². The van der Waals surface area contributed by atoms with Crippen molar-refractivity contribution in [3.8, 4) is 0 Å². The minimum absolute atomic E-state index is 0.317. The van der Waals surface area contributed by atoms with Gasteiger partial charge in [-0.3, -0.25) is 5.10 Å². The van der Waals surface area contributed by atoms with E-state index in [-0.39, 0.29) is 0 Å². The molecule has 1 aromatic carbocycles. The van der Waals surface area contributed by atoms with E-state index >= 15 is 0 Å². The number of aromatic amines is 1. The van der Waals surface area contributed by atoms with E-state index in [1.165, 1.54) is 6.33 Å². The van der Waals surface area contributed by atoms with Gasteiger partial charge in [-0.2, -0.15) is 5.10 Å². The number of aromatic nitrogens is 3. The average molecular weight is 314 g/mol. The Morgan fingerprint density at radius 3 is 2.75 bits per heavy atom. The van der Waals surface area contributed by atoms with Gasteiger partial charge >= 0.3 is 0 Å². The van der Waals surface area contributed by atoms with Gasteiger partial charge < -0.3 is 5.11 Å². The van der Waals surface area contributed by atoms with Gasteiger partial charge in [-0.05, 0) is 18.6 Å². The number of hydrogen-bond donors (Lipinski definition) is 2. The molecule has 2 N–H and O–H groups in total. The van der Waals surface area contributed by atoms with Crippen molar-refractivity contribution in [2.75, 3.05) is 0 Å². The predicted molar refractivity (Wildman–Crippen MR) is 80.0 cm³/mol. The lowest BCUT2D eigenvalue weighted by Crippen LogP contribution is -2.29. The molecule has 20 heavy (non-hydrogen) atoms. The van der Waals surface area contributed by atoms with Crippen LogP contribution in [0.15, 0.2) is 24.5 Å². The van der Waals surface area contributed by atoms with Crippen LogP contribution in [-0.2, 0) is 12.0 Å². The van der Waals surface area contributed by atoms with Crippen molar-refractivity contribution in [3.05, 3.63) is 46.0 Å². The van der Waals surface area contributed by atoms with Gasteiger partial charge in [0.2, 0.25) is 0 Å². The molecule has 0 fully saturated rings. The Labute approximate surface area is 128 Å². The van der Waals surface area contributed by atoms with Gasteiger partial charge in [0.1, 0.15) is 6.33 Å². The normalized spacial score (nSPS) is 14.2. The molecule has 108 valence electrons. The number of nitrogens with one attached hydrogen (secondary N) is 1. The van der Waals surface area contributed by atoms with Gasteiger partial charge in [-0.1, -0.05) is 49.0 Å². The lowest BCUT2D eigenvalue weighted by atomic mass is 9.85. The van der Waals surface area contributed by atoms with E-state index < -0.39 is 5.60 Å². The third-order valence-electron chi connectivity index (χ3n) is 3.29. The van der Waals surface area contributed by atoms with Crippen LogP contribution >= 0.6 is 23.2 Å². The number of rotatable bonds is 6. The van der Waals surface area contributed by atoms with Gasteiger partial charge in [-0.15, -0.1) is 0 Å². The molecular formula is C14H17Cl2N3O. The minimum atomic E-state index is -1.08. The molecule has 6 heteroatoms. The van der Waals surface area contributed by atoms with E-state index in [9.17, 15) is 5.11 Å². The number of unbranched alkanes of at least 4 members (excludes halogenated alkanes) is 1. The maximum atomic E-state index is 11.0. The summed E-state index contributed by atoms with van der Waals surface area (Å²) in [7, 11) is 0. The van der Waals surface area contributed by atoms with Crippen LogP contribution in [0.25, 0.3) is 0 Å². The second-order valence-corrected chi connectivity index (χ2v) is 5.70. The van der Waals surface area contributed by atoms with Crippen LogP contribution in [0.1, 0.15) is 37.6 Å². The Morgan fingerprint density at radius 2 is 2.15 bits per heavy atom. The standard InChI is InChI=1S/C14H17Cl2N3O/c1-2-3-6-14(20,8-13-17-9-18-19-13)11-5-4-10(15)7-12(11)16/h4-5,7,9,20H,2-3,6,8H2,1H3,(H,17,18,19). The van der Waals surface area contributed by atoms with Crippen LogP contribution in [0.4, 0.5) is 0 Å². The molecule has 4 nitrogen and oxygen atoms in total. The molecule has 0 radical (unpaired) electrons. The van der Waals surface area contributed by atoms with Crippen LogP contribution in [0.3, 0.4) is 0 Å². The highest BCUT2D eigenvalue weighted by atomic mass is 35.5. The summed E-state index contributed by atoms with van der Waals surface area (Å²) in [5, 5.41) is 18.7. The van der Waals surface area contributed by atoms with Crippen molar-refractivity contribution in [3.63, 3.8) is 0 Å². The van der Waals surface area contributed by atoms with Gasteiger partial charge in [0, 0.05) is 22.0 Å². The number of nitrogens with zero attached hydrogens (tertiary/aromatic N) is 2. The van der Waals surface area contributed by atoms with Gasteiger partial charge in [0.05, 0.1) is 5.60 Å².